The molecule has 2 atom stereocenters. The van der Waals surface area contributed by atoms with Gasteiger partial charge in [-0.1, -0.05) is 12.1 Å². The van der Waals surface area contributed by atoms with Gasteiger partial charge in [0.2, 0.25) is 0 Å². The van der Waals surface area contributed by atoms with Crippen LogP contribution in [0.25, 0.3) is 0 Å². The number of aromatic hydroxyl groups is 1. The number of hydrogen-bond acceptors (Lipinski definition) is 4. The number of phenols is 1. The molecule has 0 aliphatic carbocycles. The van der Waals surface area contributed by atoms with Crippen molar-refractivity contribution in [1.29, 1.82) is 0 Å². The van der Waals surface area contributed by atoms with Gasteiger partial charge in [0.1, 0.15) is 5.75 Å². The molecule has 2 aliphatic rings. The molecule has 0 aromatic heterocycles. The number of β-amino-alcohol motifs (C(OH)–C–C–N with tert-alkyl or cyclic N) is 1. The summed E-state index contributed by atoms with van der Waals surface area (Å²) >= 11 is 0. The second kappa shape index (κ2) is 5.58. The maximum atomic E-state index is 12.7. The lowest BCUT2D eigenvalue weighted by Gasteiger charge is -2.31. The molecule has 0 bridgehead atoms. The standard InChI is InChI=1S/C16H19N3O4/c1-9(20)7-19-8-12-13(15(19)22)14(17-16(23)18(12)2)10-3-5-11(21)6-4-10/h3-6,9,14,20-21H,7-8H2,1-2H3,(H,17,23)/t9-,14-/m0/s1. The van der Waals surface area contributed by atoms with Gasteiger partial charge in [-0.05, 0) is 24.6 Å². The molecule has 0 saturated heterocycles. The maximum Gasteiger partial charge on any atom is 0.322 e. The molecule has 7 nitrogen and oxygen atoms in total. The van der Waals surface area contributed by atoms with Crippen LogP contribution in [-0.2, 0) is 4.79 Å². The summed E-state index contributed by atoms with van der Waals surface area (Å²) in [7, 11) is 1.62. The third kappa shape index (κ3) is 2.63. The van der Waals surface area contributed by atoms with Crippen LogP contribution >= 0.6 is 0 Å². The number of aliphatic hydroxyl groups excluding tert-OH is 1. The number of aliphatic hydroxyl groups is 1. The normalized spacial score (nSPS) is 22.3. The van der Waals surface area contributed by atoms with Gasteiger partial charge in [-0.2, -0.15) is 0 Å². The minimum atomic E-state index is -0.638. The first-order valence-corrected chi connectivity index (χ1v) is 7.42. The average Bonchev–Trinajstić information content (AvgIpc) is 2.81. The quantitative estimate of drug-likeness (QED) is 0.759. The van der Waals surface area contributed by atoms with Crippen LogP contribution in [0.4, 0.5) is 4.79 Å². The molecule has 2 heterocycles. The summed E-state index contributed by atoms with van der Waals surface area (Å²) in [5.74, 6) is -0.0680. The molecule has 3 N–H and O–H groups in total. The third-order valence-electron chi connectivity index (χ3n) is 4.15. The summed E-state index contributed by atoms with van der Waals surface area (Å²) in [6.07, 6.45) is -0.638. The molecule has 0 fully saturated rings. The SMILES string of the molecule is C[C@H](O)CN1CC2=C(C1=O)[C@H](c1ccc(O)cc1)NC(=O)N2C. The maximum absolute atomic E-state index is 12.7. The Bertz CT molecular complexity index is 681. The van der Waals surface area contributed by atoms with Gasteiger partial charge in [0, 0.05) is 13.6 Å². The number of nitrogens with zero attached hydrogens (tertiary/aromatic N) is 2. The highest BCUT2D eigenvalue weighted by Crippen LogP contribution is 2.35. The van der Waals surface area contributed by atoms with Crippen molar-refractivity contribution in [1.82, 2.24) is 15.1 Å². The highest BCUT2D eigenvalue weighted by atomic mass is 16.3. The molecule has 1 aromatic rings. The number of likely N-dealkylation sites (N-methyl/N-ethyl adjacent to an activating group) is 1. The predicted molar refractivity (Wildman–Crippen MR) is 82.4 cm³/mol. The Labute approximate surface area is 133 Å². The number of hydrogen-bond donors (Lipinski definition) is 3. The van der Waals surface area contributed by atoms with Crippen LogP contribution in [0.2, 0.25) is 0 Å². The summed E-state index contributed by atoms with van der Waals surface area (Å²) in [5, 5.41) is 21.8. The molecule has 122 valence electrons. The van der Waals surface area contributed by atoms with E-state index in [0.717, 1.165) is 5.56 Å². The van der Waals surface area contributed by atoms with E-state index in [-0.39, 0.29) is 24.2 Å². The average molecular weight is 317 g/mol. The Kier molecular flexibility index (Phi) is 3.73. The molecule has 23 heavy (non-hydrogen) atoms. The van der Waals surface area contributed by atoms with Crippen LogP contribution < -0.4 is 5.32 Å². The fourth-order valence-corrected chi connectivity index (χ4v) is 3.01. The van der Waals surface area contributed by atoms with Crippen molar-refractivity contribution in [3.8, 4) is 5.75 Å². The Morgan fingerprint density at radius 2 is 1.96 bits per heavy atom. The van der Waals surface area contributed by atoms with Crippen LogP contribution in [0.3, 0.4) is 0 Å². The van der Waals surface area contributed by atoms with Gasteiger partial charge in [-0.15, -0.1) is 0 Å². The van der Waals surface area contributed by atoms with Crippen LogP contribution in [0.5, 0.6) is 5.75 Å². The van der Waals surface area contributed by atoms with Crippen molar-refractivity contribution in [3.63, 3.8) is 0 Å². The van der Waals surface area contributed by atoms with E-state index in [1.165, 1.54) is 17.0 Å². The summed E-state index contributed by atoms with van der Waals surface area (Å²) in [6, 6.07) is 5.57. The van der Waals surface area contributed by atoms with Crippen molar-refractivity contribution < 1.29 is 19.8 Å². The zero-order valence-electron chi connectivity index (χ0n) is 13.0. The van der Waals surface area contributed by atoms with Gasteiger partial charge >= 0.3 is 6.03 Å². The van der Waals surface area contributed by atoms with E-state index in [4.69, 9.17) is 0 Å². The Hall–Kier alpha value is -2.54. The summed E-state index contributed by atoms with van der Waals surface area (Å²) in [5.41, 5.74) is 1.89. The summed E-state index contributed by atoms with van der Waals surface area (Å²) in [6.45, 7) is 2.14. The van der Waals surface area contributed by atoms with Gasteiger partial charge < -0.3 is 20.4 Å². The highest BCUT2D eigenvalue weighted by molar-refractivity contribution is 6.01. The van der Waals surface area contributed by atoms with Crippen molar-refractivity contribution in [2.24, 2.45) is 0 Å². The first-order chi connectivity index (χ1) is 10.9. The second-order valence-corrected chi connectivity index (χ2v) is 5.93. The lowest BCUT2D eigenvalue weighted by molar-refractivity contribution is -0.126. The van der Waals surface area contributed by atoms with Crippen LogP contribution in [-0.4, -0.2) is 58.2 Å². The Morgan fingerprint density at radius 3 is 2.57 bits per heavy atom. The number of nitrogens with one attached hydrogen (secondary N) is 1. The zero-order valence-corrected chi connectivity index (χ0v) is 13.0. The molecule has 7 heteroatoms. The molecule has 1 aromatic carbocycles. The third-order valence-corrected chi connectivity index (χ3v) is 4.15. The Morgan fingerprint density at radius 1 is 1.30 bits per heavy atom. The predicted octanol–water partition coefficient (Wildman–Crippen LogP) is 0.565. The van der Waals surface area contributed by atoms with E-state index in [0.29, 0.717) is 17.8 Å². The first-order valence-electron chi connectivity index (χ1n) is 7.42. The number of carbonyl (C=O) groups is 2. The van der Waals surface area contributed by atoms with E-state index >= 15 is 0 Å². The van der Waals surface area contributed by atoms with Crippen LogP contribution in [0.15, 0.2) is 35.5 Å². The minimum Gasteiger partial charge on any atom is -0.508 e. The molecular formula is C16H19N3O4. The van der Waals surface area contributed by atoms with E-state index in [2.05, 4.69) is 5.32 Å². The number of benzene rings is 1. The van der Waals surface area contributed by atoms with Gasteiger partial charge in [0.25, 0.3) is 5.91 Å². The second-order valence-electron chi connectivity index (χ2n) is 5.93. The van der Waals surface area contributed by atoms with Crippen LogP contribution in [0, 0.1) is 0 Å². The summed E-state index contributed by atoms with van der Waals surface area (Å²) < 4.78 is 0. The van der Waals surface area contributed by atoms with Crippen molar-refractivity contribution in [2.75, 3.05) is 20.1 Å². The molecular weight excluding hydrogens is 298 g/mol. The topological polar surface area (TPSA) is 93.1 Å². The van der Waals surface area contributed by atoms with Crippen LogP contribution in [0.1, 0.15) is 18.5 Å². The van der Waals surface area contributed by atoms with Crippen molar-refractivity contribution in [3.05, 3.63) is 41.1 Å². The molecule has 0 radical (unpaired) electrons. The fraction of sp³-hybridized carbons (Fsp3) is 0.375. The molecule has 0 unspecified atom stereocenters. The zero-order chi connectivity index (χ0) is 16.7. The molecule has 3 rings (SSSR count). The molecule has 3 amide bonds. The van der Waals surface area contributed by atoms with E-state index < -0.39 is 12.1 Å². The van der Waals surface area contributed by atoms with Gasteiger partial charge in [-0.3, -0.25) is 9.69 Å². The molecule has 0 saturated carbocycles. The fourth-order valence-electron chi connectivity index (χ4n) is 3.01. The van der Waals surface area contributed by atoms with Crippen molar-refractivity contribution >= 4 is 11.9 Å². The number of rotatable bonds is 3. The number of carbonyl (C=O) groups excluding carboxylic acids is 2. The van der Waals surface area contributed by atoms with Gasteiger partial charge in [0.05, 0.1) is 30.0 Å². The lowest BCUT2D eigenvalue weighted by Crippen LogP contribution is -2.45. The smallest absolute Gasteiger partial charge is 0.322 e. The van der Waals surface area contributed by atoms with Crippen molar-refractivity contribution in [2.45, 2.75) is 19.1 Å². The highest BCUT2D eigenvalue weighted by Gasteiger charge is 2.42. The van der Waals surface area contributed by atoms with E-state index in [1.54, 1.807) is 31.0 Å². The Balaban J connectivity index is 1.99. The number of amides is 3. The van der Waals surface area contributed by atoms with E-state index in [9.17, 15) is 19.8 Å². The van der Waals surface area contributed by atoms with E-state index in [1.807, 2.05) is 0 Å². The minimum absolute atomic E-state index is 0.121. The first kappa shape index (κ1) is 15.4. The molecule has 2 aliphatic heterocycles. The van der Waals surface area contributed by atoms with Gasteiger partial charge in [-0.25, -0.2) is 4.79 Å². The largest absolute Gasteiger partial charge is 0.508 e. The molecule has 0 spiro atoms. The summed E-state index contributed by atoms with van der Waals surface area (Å²) in [4.78, 5) is 27.9. The number of phenolic OH excluding ortho intramolecular Hbond substituents is 1. The lowest BCUT2D eigenvalue weighted by atomic mass is 9.95. The monoisotopic (exact) mass is 317 g/mol. The van der Waals surface area contributed by atoms with Gasteiger partial charge in [0.15, 0.2) is 0 Å². The number of urea groups is 1.